The molecule has 0 atom stereocenters. The van der Waals surface area contributed by atoms with Gasteiger partial charge in [-0.3, -0.25) is 4.79 Å². The Labute approximate surface area is 108 Å². The van der Waals surface area contributed by atoms with Crippen LogP contribution in [0, 0.1) is 11.3 Å². The van der Waals surface area contributed by atoms with Gasteiger partial charge in [-0.1, -0.05) is 15.9 Å². The first-order valence-corrected chi connectivity index (χ1v) is 5.22. The Hall–Kier alpha value is -1.75. The van der Waals surface area contributed by atoms with E-state index in [9.17, 15) is 18.0 Å². The highest BCUT2D eigenvalue weighted by Gasteiger charge is 2.33. The zero-order chi connectivity index (χ0) is 13.9. The minimum Gasteiger partial charge on any atom is -0.481 e. The summed E-state index contributed by atoms with van der Waals surface area (Å²) in [6.45, 7) is 0. The first kappa shape index (κ1) is 14.3. The zero-order valence-corrected chi connectivity index (χ0v) is 10.2. The second-order valence-electron chi connectivity index (χ2n) is 3.17. The third-order valence-electron chi connectivity index (χ3n) is 1.81. The lowest BCUT2D eigenvalue weighted by atomic mass is 10.1. The number of carbonyl (C=O) groups is 1. The summed E-state index contributed by atoms with van der Waals surface area (Å²) in [5.74, 6) is -2.11. The lowest BCUT2D eigenvalue weighted by Gasteiger charge is -2.14. The second-order valence-corrected chi connectivity index (χ2v) is 4.09. The summed E-state index contributed by atoms with van der Waals surface area (Å²) >= 11 is 2.98. The monoisotopic (exact) mass is 323 g/mol. The Morgan fingerprint density at radius 1 is 1.50 bits per heavy atom. The van der Waals surface area contributed by atoms with E-state index in [-0.39, 0.29) is 5.56 Å². The summed E-state index contributed by atoms with van der Waals surface area (Å²) in [5.41, 5.74) is -0.622. The number of carboxylic acid groups (broad SMARTS) is 1. The highest BCUT2D eigenvalue weighted by atomic mass is 79.9. The number of aliphatic carboxylic acids is 1. The van der Waals surface area contributed by atoms with Crippen LogP contribution in [-0.2, 0) is 11.2 Å². The molecule has 1 rings (SSSR count). The topological polar surface area (TPSA) is 70.3 Å². The molecule has 0 amide bonds. The van der Waals surface area contributed by atoms with Gasteiger partial charge in [0.05, 0.1) is 12.0 Å². The standard InChI is InChI=1S/C10H5BrF3NO3/c11-7-1-5(3-8(16)17)9(6(2-7)4-15)18-10(12,13)14/h1-2H,3H2,(H,16,17). The Bertz CT molecular complexity index is 522. The van der Waals surface area contributed by atoms with Gasteiger partial charge in [-0.15, -0.1) is 13.2 Å². The Morgan fingerprint density at radius 3 is 2.56 bits per heavy atom. The fraction of sp³-hybridized carbons (Fsp3) is 0.200. The molecule has 96 valence electrons. The van der Waals surface area contributed by atoms with Crippen molar-refractivity contribution in [1.82, 2.24) is 0 Å². The van der Waals surface area contributed by atoms with Crippen molar-refractivity contribution in [3.8, 4) is 11.8 Å². The number of hydrogen-bond acceptors (Lipinski definition) is 3. The molecule has 0 fully saturated rings. The number of ether oxygens (including phenoxy) is 1. The fourth-order valence-corrected chi connectivity index (χ4v) is 1.77. The molecule has 1 aromatic rings. The van der Waals surface area contributed by atoms with E-state index in [1.165, 1.54) is 6.07 Å². The van der Waals surface area contributed by atoms with Gasteiger partial charge in [-0.05, 0) is 12.1 Å². The third-order valence-corrected chi connectivity index (χ3v) is 2.27. The SMILES string of the molecule is N#Cc1cc(Br)cc(CC(=O)O)c1OC(F)(F)F. The maximum atomic E-state index is 12.2. The van der Waals surface area contributed by atoms with E-state index >= 15 is 0 Å². The van der Waals surface area contributed by atoms with E-state index in [2.05, 4.69) is 20.7 Å². The molecule has 0 saturated heterocycles. The predicted molar refractivity (Wildman–Crippen MR) is 56.9 cm³/mol. The molecule has 18 heavy (non-hydrogen) atoms. The smallest absolute Gasteiger partial charge is 0.481 e. The zero-order valence-electron chi connectivity index (χ0n) is 8.58. The molecule has 0 saturated carbocycles. The Morgan fingerprint density at radius 2 is 2.11 bits per heavy atom. The number of carboxylic acids is 1. The van der Waals surface area contributed by atoms with Crippen LogP contribution in [0.4, 0.5) is 13.2 Å². The lowest BCUT2D eigenvalue weighted by Crippen LogP contribution is -2.19. The van der Waals surface area contributed by atoms with Gasteiger partial charge in [-0.25, -0.2) is 0 Å². The second kappa shape index (κ2) is 5.27. The van der Waals surface area contributed by atoms with Gasteiger partial charge >= 0.3 is 12.3 Å². The molecule has 0 spiro atoms. The maximum Gasteiger partial charge on any atom is 0.573 e. The maximum absolute atomic E-state index is 12.2. The molecule has 0 unspecified atom stereocenters. The van der Waals surface area contributed by atoms with Crippen LogP contribution in [0.25, 0.3) is 0 Å². The van der Waals surface area contributed by atoms with E-state index in [0.29, 0.717) is 4.47 Å². The summed E-state index contributed by atoms with van der Waals surface area (Å²) in [5, 5.41) is 17.3. The number of benzene rings is 1. The third kappa shape index (κ3) is 3.92. The predicted octanol–water partition coefficient (Wildman–Crippen LogP) is 2.85. The van der Waals surface area contributed by atoms with Crippen molar-refractivity contribution in [2.24, 2.45) is 0 Å². The van der Waals surface area contributed by atoms with Crippen LogP contribution in [-0.4, -0.2) is 17.4 Å². The van der Waals surface area contributed by atoms with Gasteiger partial charge in [-0.2, -0.15) is 5.26 Å². The molecule has 0 aliphatic heterocycles. The Balaban J connectivity index is 3.34. The van der Waals surface area contributed by atoms with Gasteiger partial charge in [0.25, 0.3) is 0 Å². The van der Waals surface area contributed by atoms with Gasteiger partial charge in [0, 0.05) is 10.0 Å². The highest BCUT2D eigenvalue weighted by molar-refractivity contribution is 9.10. The van der Waals surface area contributed by atoms with Crippen LogP contribution < -0.4 is 4.74 Å². The summed E-state index contributed by atoms with van der Waals surface area (Å²) < 4.78 is 40.6. The number of alkyl halides is 3. The quantitative estimate of drug-likeness (QED) is 0.928. The number of halogens is 4. The van der Waals surface area contributed by atoms with Crippen molar-refractivity contribution in [2.45, 2.75) is 12.8 Å². The molecule has 0 aliphatic rings. The average molecular weight is 324 g/mol. The molecular formula is C10H5BrF3NO3. The molecule has 8 heteroatoms. The average Bonchev–Trinajstić information content (AvgIpc) is 2.19. The lowest BCUT2D eigenvalue weighted by molar-refractivity contribution is -0.275. The van der Waals surface area contributed by atoms with Crippen molar-refractivity contribution in [2.75, 3.05) is 0 Å². The number of rotatable bonds is 3. The largest absolute Gasteiger partial charge is 0.573 e. The van der Waals surface area contributed by atoms with Gasteiger partial charge in [0.15, 0.2) is 5.75 Å². The minimum atomic E-state index is -4.99. The van der Waals surface area contributed by atoms with Crippen molar-refractivity contribution >= 4 is 21.9 Å². The minimum absolute atomic E-state index is 0.231. The fourth-order valence-electron chi connectivity index (χ4n) is 1.26. The summed E-state index contributed by atoms with van der Waals surface area (Å²) in [6.07, 6.45) is -5.67. The molecule has 0 radical (unpaired) electrons. The first-order valence-electron chi connectivity index (χ1n) is 4.43. The van der Waals surface area contributed by atoms with Crippen LogP contribution in [0.5, 0.6) is 5.75 Å². The normalized spacial score (nSPS) is 10.8. The van der Waals surface area contributed by atoms with Gasteiger partial charge < -0.3 is 9.84 Å². The van der Waals surface area contributed by atoms with Crippen LogP contribution >= 0.6 is 15.9 Å². The van der Waals surface area contributed by atoms with E-state index < -0.39 is 30.1 Å². The van der Waals surface area contributed by atoms with Crippen LogP contribution in [0.15, 0.2) is 16.6 Å². The van der Waals surface area contributed by atoms with E-state index in [1.807, 2.05) is 0 Å². The van der Waals surface area contributed by atoms with Gasteiger partial charge in [0.1, 0.15) is 6.07 Å². The molecule has 0 aliphatic carbocycles. The summed E-state index contributed by atoms with van der Waals surface area (Å²) in [7, 11) is 0. The van der Waals surface area contributed by atoms with E-state index in [0.717, 1.165) is 12.1 Å². The number of hydrogen-bond donors (Lipinski definition) is 1. The van der Waals surface area contributed by atoms with Crippen molar-refractivity contribution < 1.29 is 27.8 Å². The summed E-state index contributed by atoms with van der Waals surface area (Å²) in [6, 6.07) is 3.80. The highest BCUT2D eigenvalue weighted by Crippen LogP contribution is 2.33. The molecule has 1 aromatic carbocycles. The summed E-state index contributed by atoms with van der Waals surface area (Å²) in [4.78, 5) is 10.6. The molecule has 0 heterocycles. The molecular weight excluding hydrogens is 319 g/mol. The van der Waals surface area contributed by atoms with E-state index in [1.54, 1.807) is 0 Å². The van der Waals surface area contributed by atoms with E-state index in [4.69, 9.17) is 10.4 Å². The van der Waals surface area contributed by atoms with Crippen LogP contribution in [0.3, 0.4) is 0 Å². The van der Waals surface area contributed by atoms with Gasteiger partial charge in [0.2, 0.25) is 0 Å². The van der Waals surface area contributed by atoms with Crippen LogP contribution in [0.1, 0.15) is 11.1 Å². The van der Waals surface area contributed by atoms with Crippen molar-refractivity contribution in [1.29, 1.82) is 5.26 Å². The van der Waals surface area contributed by atoms with Crippen molar-refractivity contribution in [3.63, 3.8) is 0 Å². The first-order chi connectivity index (χ1) is 8.23. The molecule has 0 bridgehead atoms. The molecule has 4 nitrogen and oxygen atoms in total. The molecule has 0 aromatic heterocycles. The number of nitriles is 1. The van der Waals surface area contributed by atoms with Crippen LogP contribution in [0.2, 0.25) is 0 Å². The Kier molecular flexibility index (Phi) is 4.19. The van der Waals surface area contributed by atoms with Crippen molar-refractivity contribution in [3.05, 3.63) is 27.7 Å². The number of nitrogens with zero attached hydrogens (tertiary/aromatic N) is 1. The molecule has 1 N–H and O–H groups in total.